The molecule has 0 saturated heterocycles. The van der Waals surface area contributed by atoms with Gasteiger partial charge in [-0.05, 0) is 29.8 Å². The van der Waals surface area contributed by atoms with Gasteiger partial charge in [-0.25, -0.2) is 4.79 Å². The number of nitro groups is 1. The minimum atomic E-state index is -1.24. The quantitative estimate of drug-likeness (QED) is 0.200. The Balaban J connectivity index is 1.67. The predicted molar refractivity (Wildman–Crippen MR) is 110 cm³/mol. The molecule has 0 unspecified atom stereocenters. The standard InChI is InChI=1S/C23H16N2O6/c26-21-18-8-4-5-9-19(18)22(27)24(21)20(23(28)31-17-6-2-1-3-7-17)14-15-10-12-16(13-11-15)25(29)30/h1-13,20H,14H2/t20-/m0/s1. The first-order chi connectivity index (χ1) is 15.0. The van der Waals surface area contributed by atoms with Crippen LogP contribution < -0.4 is 4.74 Å². The molecule has 3 aromatic rings. The maximum absolute atomic E-state index is 13.0. The molecular weight excluding hydrogens is 400 g/mol. The Labute approximate surface area is 176 Å². The van der Waals surface area contributed by atoms with E-state index in [4.69, 9.17) is 4.74 Å². The molecule has 8 heteroatoms. The van der Waals surface area contributed by atoms with Crippen molar-refractivity contribution in [1.29, 1.82) is 0 Å². The third kappa shape index (κ3) is 3.91. The number of non-ortho nitro benzene ring substituents is 1. The third-order valence-electron chi connectivity index (χ3n) is 4.95. The second-order valence-electron chi connectivity index (χ2n) is 6.90. The molecule has 0 N–H and O–H groups in total. The molecular formula is C23H16N2O6. The highest BCUT2D eigenvalue weighted by Gasteiger charge is 2.43. The van der Waals surface area contributed by atoms with Crippen molar-refractivity contribution in [1.82, 2.24) is 4.90 Å². The zero-order valence-electron chi connectivity index (χ0n) is 16.1. The first kappa shape index (κ1) is 20.0. The van der Waals surface area contributed by atoms with E-state index in [9.17, 15) is 24.5 Å². The zero-order chi connectivity index (χ0) is 22.0. The number of para-hydroxylation sites is 1. The SMILES string of the molecule is O=C(Oc1ccccc1)[C@H](Cc1ccc([N+](=O)[O-])cc1)N1C(=O)c2ccccc2C1=O. The number of nitro benzene ring substituents is 1. The van der Waals surface area contributed by atoms with Crippen LogP contribution in [0.15, 0.2) is 78.9 Å². The van der Waals surface area contributed by atoms with Crippen molar-refractivity contribution in [3.05, 3.63) is 106 Å². The number of esters is 1. The molecule has 31 heavy (non-hydrogen) atoms. The lowest BCUT2D eigenvalue weighted by atomic mass is 10.0. The fraction of sp³-hybridized carbons (Fsp3) is 0.0870. The van der Waals surface area contributed by atoms with Gasteiger partial charge >= 0.3 is 5.97 Å². The van der Waals surface area contributed by atoms with Gasteiger partial charge in [-0.15, -0.1) is 0 Å². The molecule has 4 rings (SSSR count). The number of hydrogen-bond donors (Lipinski definition) is 0. The van der Waals surface area contributed by atoms with Gasteiger partial charge in [0.15, 0.2) is 0 Å². The summed E-state index contributed by atoms with van der Waals surface area (Å²) in [5.74, 6) is -1.67. The minimum Gasteiger partial charge on any atom is -0.425 e. The van der Waals surface area contributed by atoms with Gasteiger partial charge in [-0.2, -0.15) is 0 Å². The second-order valence-corrected chi connectivity index (χ2v) is 6.90. The first-order valence-corrected chi connectivity index (χ1v) is 9.42. The summed E-state index contributed by atoms with van der Waals surface area (Å²) < 4.78 is 5.43. The Kier molecular flexibility index (Phi) is 5.28. The van der Waals surface area contributed by atoms with Crippen molar-refractivity contribution >= 4 is 23.5 Å². The normalized spacial score (nSPS) is 13.6. The van der Waals surface area contributed by atoms with Crippen molar-refractivity contribution in [2.75, 3.05) is 0 Å². The Hall–Kier alpha value is -4.33. The zero-order valence-corrected chi connectivity index (χ0v) is 16.1. The van der Waals surface area contributed by atoms with Crippen LogP contribution in [0.4, 0.5) is 5.69 Å². The molecule has 0 saturated carbocycles. The Morgan fingerprint density at radius 1 is 0.871 bits per heavy atom. The van der Waals surface area contributed by atoms with E-state index in [0.29, 0.717) is 5.56 Å². The molecule has 0 spiro atoms. The summed E-state index contributed by atoms with van der Waals surface area (Å²) in [6.45, 7) is 0. The topological polar surface area (TPSA) is 107 Å². The van der Waals surface area contributed by atoms with Crippen molar-refractivity contribution in [3.63, 3.8) is 0 Å². The van der Waals surface area contributed by atoms with Gasteiger partial charge in [0.2, 0.25) is 0 Å². The van der Waals surface area contributed by atoms with E-state index in [1.807, 2.05) is 0 Å². The molecule has 0 aliphatic carbocycles. The number of imide groups is 1. The fourth-order valence-corrected chi connectivity index (χ4v) is 3.42. The number of carbonyl (C=O) groups excluding carboxylic acids is 3. The maximum Gasteiger partial charge on any atom is 0.335 e. The van der Waals surface area contributed by atoms with Crippen LogP contribution in [0.1, 0.15) is 26.3 Å². The van der Waals surface area contributed by atoms with Crippen LogP contribution in [0.2, 0.25) is 0 Å². The van der Waals surface area contributed by atoms with Crippen LogP contribution in [0.5, 0.6) is 5.75 Å². The van der Waals surface area contributed by atoms with Crippen LogP contribution in [-0.4, -0.2) is 33.6 Å². The van der Waals surface area contributed by atoms with Crippen LogP contribution in [0.3, 0.4) is 0 Å². The molecule has 8 nitrogen and oxygen atoms in total. The predicted octanol–water partition coefficient (Wildman–Crippen LogP) is 3.41. The molecule has 0 aromatic heterocycles. The summed E-state index contributed by atoms with van der Waals surface area (Å²) >= 11 is 0. The molecule has 154 valence electrons. The largest absolute Gasteiger partial charge is 0.425 e. The highest BCUT2D eigenvalue weighted by molar-refractivity contribution is 6.22. The molecule has 1 aliphatic heterocycles. The Bertz CT molecular complexity index is 1140. The van der Waals surface area contributed by atoms with E-state index in [1.165, 1.54) is 36.4 Å². The number of fused-ring (bicyclic) bond motifs is 1. The van der Waals surface area contributed by atoms with Crippen molar-refractivity contribution < 1.29 is 24.0 Å². The van der Waals surface area contributed by atoms with Crippen molar-refractivity contribution in [3.8, 4) is 5.75 Å². The van der Waals surface area contributed by atoms with E-state index < -0.39 is 28.7 Å². The summed E-state index contributed by atoms with van der Waals surface area (Å²) in [5.41, 5.74) is 0.868. The van der Waals surface area contributed by atoms with E-state index in [1.54, 1.807) is 42.5 Å². The van der Waals surface area contributed by atoms with E-state index in [-0.39, 0.29) is 29.0 Å². The molecule has 1 aliphatic rings. The molecule has 0 fully saturated rings. The van der Waals surface area contributed by atoms with Gasteiger partial charge in [0, 0.05) is 18.6 Å². The van der Waals surface area contributed by atoms with Gasteiger partial charge in [-0.1, -0.05) is 42.5 Å². The van der Waals surface area contributed by atoms with Gasteiger partial charge in [0.05, 0.1) is 16.1 Å². The summed E-state index contributed by atoms with van der Waals surface area (Å²) in [5, 5.41) is 10.9. The Morgan fingerprint density at radius 3 is 1.97 bits per heavy atom. The van der Waals surface area contributed by atoms with E-state index in [0.717, 1.165) is 4.90 Å². The third-order valence-corrected chi connectivity index (χ3v) is 4.95. The first-order valence-electron chi connectivity index (χ1n) is 9.42. The van der Waals surface area contributed by atoms with Crippen LogP contribution in [0.25, 0.3) is 0 Å². The molecule has 0 bridgehead atoms. The summed E-state index contributed by atoms with van der Waals surface area (Å²) in [6, 6.07) is 19.0. The molecule has 1 heterocycles. The molecule has 2 amide bonds. The highest BCUT2D eigenvalue weighted by Crippen LogP contribution is 2.27. The molecule has 0 radical (unpaired) electrons. The average Bonchev–Trinajstić information content (AvgIpc) is 3.03. The number of amides is 2. The lowest BCUT2D eigenvalue weighted by molar-refractivity contribution is -0.384. The van der Waals surface area contributed by atoms with Gasteiger partial charge in [0.25, 0.3) is 17.5 Å². The van der Waals surface area contributed by atoms with Gasteiger partial charge in [-0.3, -0.25) is 24.6 Å². The highest BCUT2D eigenvalue weighted by atomic mass is 16.6. The van der Waals surface area contributed by atoms with Crippen LogP contribution >= 0.6 is 0 Å². The van der Waals surface area contributed by atoms with E-state index in [2.05, 4.69) is 0 Å². The Morgan fingerprint density at radius 2 is 1.42 bits per heavy atom. The summed E-state index contributed by atoms with van der Waals surface area (Å²) in [6.07, 6.45) is -0.0465. The molecule has 3 aromatic carbocycles. The summed E-state index contributed by atoms with van der Waals surface area (Å²) in [4.78, 5) is 50.2. The van der Waals surface area contributed by atoms with Crippen molar-refractivity contribution in [2.45, 2.75) is 12.5 Å². The smallest absolute Gasteiger partial charge is 0.335 e. The number of carbonyl (C=O) groups is 3. The van der Waals surface area contributed by atoms with E-state index >= 15 is 0 Å². The second kappa shape index (κ2) is 8.19. The van der Waals surface area contributed by atoms with Crippen LogP contribution in [-0.2, 0) is 11.2 Å². The van der Waals surface area contributed by atoms with Gasteiger partial charge < -0.3 is 4.74 Å². The minimum absolute atomic E-state index is 0.0465. The number of ether oxygens (including phenoxy) is 1. The maximum atomic E-state index is 13.0. The molecule has 1 atom stereocenters. The number of nitrogens with zero attached hydrogens (tertiary/aromatic N) is 2. The number of benzene rings is 3. The van der Waals surface area contributed by atoms with Crippen LogP contribution in [0, 0.1) is 10.1 Å². The number of hydrogen-bond acceptors (Lipinski definition) is 6. The van der Waals surface area contributed by atoms with Gasteiger partial charge in [0.1, 0.15) is 11.8 Å². The fourth-order valence-electron chi connectivity index (χ4n) is 3.42. The average molecular weight is 416 g/mol. The lowest BCUT2D eigenvalue weighted by Gasteiger charge is -2.24. The van der Waals surface area contributed by atoms with Crippen molar-refractivity contribution in [2.24, 2.45) is 0 Å². The summed E-state index contributed by atoms with van der Waals surface area (Å²) in [7, 11) is 0. The monoisotopic (exact) mass is 416 g/mol. The lowest BCUT2D eigenvalue weighted by Crippen LogP contribution is -2.48. The number of rotatable bonds is 6.